The van der Waals surface area contributed by atoms with Gasteiger partial charge < -0.3 is 14.7 Å². The summed E-state index contributed by atoms with van der Waals surface area (Å²) in [5.74, 6) is -1.17. The highest BCUT2D eigenvalue weighted by Gasteiger charge is 2.48. The zero-order chi connectivity index (χ0) is 15.1. The van der Waals surface area contributed by atoms with Gasteiger partial charge in [0.05, 0.1) is 11.7 Å². The van der Waals surface area contributed by atoms with E-state index in [4.69, 9.17) is 4.74 Å². The minimum atomic E-state index is -1.04. The number of aliphatic carboxylic acids is 1. The first-order chi connectivity index (χ1) is 10.0. The number of ether oxygens (including phenoxy) is 1. The third-order valence-corrected chi connectivity index (χ3v) is 4.04. The van der Waals surface area contributed by atoms with Crippen LogP contribution in [0.25, 0.3) is 0 Å². The van der Waals surface area contributed by atoms with E-state index in [1.807, 2.05) is 6.92 Å². The van der Waals surface area contributed by atoms with Gasteiger partial charge in [0.2, 0.25) is 5.91 Å². The maximum absolute atomic E-state index is 12.2. The second-order valence-corrected chi connectivity index (χ2v) is 5.61. The van der Waals surface area contributed by atoms with Crippen LogP contribution in [-0.4, -0.2) is 50.4 Å². The van der Waals surface area contributed by atoms with Gasteiger partial charge in [-0.3, -0.25) is 9.48 Å². The van der Waals surface area contributed by atoms with Gasteiger partial charge >= 0.3 is 5.97 Å². The van der Waals surface area contributed by atoms with Crippen LogP contribution in [0.4, 0.5) is 0 Å². The topological polar surface area (TPSA) is 84.7 Å². The summed E-state index contributed by atoms with van der Waals surface area (Å²) in [5, 5.41) is 13.8. The van der Waals surface area contributed by atoms with E-state index in [1.54, 1.807) is 22.8 Å². The molecule has 114 valence electrons. The molecule has 1 aliphatic carbocycles. The lowest BCUT2D eigenvalue weighted by atomic mass is 9.97. The van der Waals surface area contributed by atoms with Gasteiger partial charge in [0.15, 0.2) is 6.10 Å². The lowest BCUT2D eigenvalue weighted by Gasteiger charge is -2.39. The fourth-order valence-corrected chi connectivity index (χ4v) is 3.01. The molecule has 2 atom stereocenters. The lowest BCUT2D eigenvalue weighted by molar-refractivity contribution is -0.174. The number of morpholine rings is 1. The highest BCUT2D eigenvalue weighted by atomic mass is 16.5. The van der Waals surface area contributed by atoms with E-state index in [2.05, 4.69) is 5.10 Å². The van der Waals surface area contributed by atoms with Gasteiger partial charge in [0.1, 0.15) is 6.61 Å². The average Bonchev–Trinajstić information content (AvgIpc) is 3.20. The highest BCUT2D eigenvalue weighted by Crippen LogP contribution is 2.40. The molecule has 2 fully saturated rings. The van der Waals surface area contributed by atoms with Crippen molar-refractivity contribution in [2.24, 2.45) is 7.05 Å². The van der Waals surface area contributed by atoms with Gasteiger partial charge in [-0.1, -0.05) is 6.92 Å². The van der Waals surface area contributed by atoms with Crippen LogP contribution in [0.3, 0.4) is 0 Å². The number of rotatable bonds is 4. The zero-order valence-electron chi connectivity index (χ0n) is 12.2. The van der Waals surface area contributed by atoms with Crippen LogP contribution in [0.15, 0.2) is 6.20 Å². The molecule has 1 amide bonds. The molecule has 0 radical (unpaired) electrons. The third-order valence-electron chi connectivity index (χ3n) is 4.04. The predicted octanol–water partition coefficient (Wildman–Crippen LogP) is 0.498. The number of carboxylic acids is 1. The van der Waals surface area contributed by atoms with Gasteiger partial charge in [-0.25, -0.2) is 4.79 Å². The Kier molecular flexibility index (Phi) is 3.44. The number of aromatic nitrogens is 2. The predicted molar refractivity (Wildman–Crippen MR) is 72.6 cm³/mol. The molecule has 1 saturated heterocycles. The molecule has 2 unspecified atom stereocenters. The smallest absolute Gasteiger partial charge is 0.335 e. The first-order valence-electron chi connectivity index (χ1n) is 7.21. The highest BCUT2D eigenvalue weighted by molar-refractivity contribution is 5.83. The monoisotopic (exact) mass is 293 g/mol. The third kappa shape index (κ3) is 2.42. The van der Waals surface area contributed by atoms with Crippen molar-refractivity contribution in [1.29, 1.82) is 0 Å². The van der Waals surface area contributed by atoms with Crippen molar-refractivity contribution in [3.8, 4) is 0 Å². The van der Waals surface area contributed by atoms with E-state index >= 15 is 0 Å². The van der Waals surface area contributed by atoms with E-state index in [-0.39, 0.29) is 18.6 Å². The minimum absolute atomic E-state index is 0.133. The molecular weight excluding hydrogens is 274 g/mol. The van der Waals surface area contributed by atoms with Gasteiger partial charge in [0.25, 0.3) is 0 Å². The Labute approximate surface area is 122 Å². The van der Waals surface area contributed by atoms with Gasteiger partial charge in [0, 0.05) is 24.8 Å². The van der Waals surface area contributed by atoms with E-state index < -0.39 is 18.1 Å². The van der Waals surface area contributed by atoms with Crippen LogP contribution in [0.5, 0.6) is 0 Å². The normalized spacial score (nSPS) is 26.2. The summed E-state index contributed by atoms with van der Waals surface area (Å²) in [4.78, 5) is 25.5. The zero-order valence-corrected chi connectivity index (χ0v) is 12.2. The van der Waals surface area contributed by atoms with E-state index in [0.717, 1.165) is 24.1 Å². The molecule has 1 aromatic heterocycles. The molecule has 2 heterocycles. The maximum Gasteiger partial charge on any atom is 0.335 e. The quantitative estimate of drug-likeness (QED) is 0.873. The molecule has 2 aliphatic rings. The van der Waals surface area contributed by atoms with E-state index in [1.165, 1.54) is 0 Å². The molecule has 1 aliphatic heterocycles. The molecule has 0 aromatic carbocycles. The molecule has 1 N–H and O–H groups in total. The average molecular weight is 293 g/mol. The van der Waals surface area contributed by atoms with Gasteiger partial charge in [-0.05, 0) is 19.3 Å². The molecule has 21 heavy (non-hydrogen) atoms. The molecule has 0 bridgehead atoms. The number of amides is 1. The summed E-state index contributed by atoms with van der Waals surface area (Å²) in [6, 6.07) is -0.446. The molecular formula is C14H19N3O4. The van der Waals surface area contributed by atoms with E-state index in [9.17, 15) is 14.7 Å². The number of hydrogen-bond donors (Lipinski definition) is 1. The molecule has 7 heteroatoms. The summed E-state index contributed by atoms with van der Waals surface area (Å²) in [6.07, 6.45) is 3.31. The van der Waals surface area contributed by atoms with Crippen molar-refractivity contribution in [1.82, 2.24) is 14.7 Å². The minimum Gasteiger partial charge on any atom is -0.479 e. The van der Waals surface area contributed by atoms with Crippen LogP contribution < -0.4 is 0 Å². The summed E-state index contributed by atoms with van der Waals surface area (Å²) >= 11 is 0. The fraction of sp³-hybridized carbons (Fsp3) is 0.643. The maximum atomic E-state index is 12.2. The van der Waals surface area contributed by atoms with Crippen LogP contribution in [0, 0.1) is 0 Å². The first kappa shape index (κ1) is 14.1. The van der Waals surface area contributed by atoms with Crippen molar-refractivity contribution in [3.05, 3.63) is 17.5 Å². The molecule has 0 spiro atoms. The number of hydrogen-bond acceptors (Lipinski definition) is 4. The van der Waals surface area contributed by atoms with Crippen molar-refractivity contribution >= 4 is 11.9 Å². The first-order valence-corrected chi connectivity index (χ1v) is 7.21. The molecule has 1 saturated carbocycles. The number of carboxylic acid groups (broad SMARTS) is 1. The Morgan fingerprint density at radius 3 is 2.81 bits per heavy atom. The second-order valence-electron chi connectivity index (χ2n) is 5.61. The van der Waals surface area contributed by atoms with Crippen LogP contribution in [0.2, 0.25) is 0 Å². The standard InChI is InChI=1S/C14H19N3O4/c1-3-10-9(6-16(2)15-10)12-13(14(19)20)21-7-11(18)17(12)8-4-5-8/h6,8,12-13H,3-5,7H2,1-2H3,(H,19,20). The second kappa shape index (κ2) is 5.14. The van der Waals surface area contributed by atoms with Gasteiger partial charge in [-0.2, -0.15) is 5.10 Å². The van der Waals surface area contributed by atoms with Crippen molar-refractivity contribution < 1.29 is 19.4 Å². The van der Waals surface area contributed by atoms with Crippen molar-refractivity contribution in [2.45, 2.75) is 44.4 Å². The number of aryl methyl sites for hydroxylation is 2. The summed E-state index contributed by atoms with van der Waals surface area (Å²) in [7, 11) is 1.80. The van der Waals surface area contributed by atoms with Gasteiger partial charge in [-0.15, -0.1) is 0 Å². The largest absolute Gasteiger partial charge is 0.479 e. The van der Waals surface area contributed by atoms with E-state index in [0.29, 0.717) is 6.42 Å². The summed E-state index contributed by atoms with van der Waals surface area (Å²) < 4.78 is 6.97. The Morgan fingerprint density at radius 2 is 2.24 bits per heavy atom. The number of carbonyl (C=O) groups excluding carboxylic acids is 1. The Morgan fingerprint density at radius 1 is 1.52 bits per heavy atom. The Balaban J connectivity index is 2.06. The van der Waals surface area contributed by atoms with Crippen LogP contribution in [-0.2, 0) is 27.8 Å². The van der Waals surface area contributed by atoms with Crippen LogP contribution in [0.1, 0.15) is 37.1 Å². The summed E-state index contributed by atoms with van der Waals surface area (Å²) in [6.45, 7) is 1.81. The van der Waals surface area contributed by atoms with Crippen LogP contribution >= 0.6 is 0 Å². The molecule has 3 rings (SSSR count). The molecule has 7 nitrogen and oxygen atoms in total. The Hall–Kier alpha value is -1.89. The SMILES string of the molecule is CCc1nn(C)cc1C1C(C(=O)O)OCC(=O)N1C1CC1. The Bertz CT molecular complexity index is 579. The molecule has 1 aromatic rings. The number of nitrogens with zero attached hydrogens (tertiary/aromatic N) is 3. The number of carbonyl (C=O) groups is 2. The fourth-order valence-electron chi connectivity index (χ4n) is 3.01. The lowest BCUT2D eigenvalue weighted by Crippen LogP contribution is -2.52. The van der Waals surface area contributed by atoms with Crippen molar-refractivity contribution in [3.63, 3.8) is 0 Å². The summed E-state index contributed by atoms with van der Waals surface area (Å²) in [5.41, 5.74) is 1.60. The van der Waals surface area contributed by atoms with Crippen molar-refractivity contribution in [2.75, 3.05) is 6.61 Å².